The Morgan fingerprint density at radius 3 is 2.50 bits per heavy atom. The first-order valence-electron chi connectivity index (χ1n) is 7.10. The fourth-order valence-corrected chi connectivity index (χ4v) is 2.64. The van der Waals surface area contributed by atoms with Crippen molar-refractivity contribution in [3.05, 3.63) is 29.8 Å². The highest BCUT2D eigenvalue weighted by atomic mass is 15.2. The third kappa shape index (κ3) is 3.50. The van der Waals surface area contributed by atoms with Crippen LogP contribution >= 0.6 is 0 Å². The van der Waals surface area contributed by atoms with Crippen molar-refractivity contribution in [1.82, 2.24) is 4.90 Å². The van der Waals surface area contributed by atoms with Gasteiger partial charge in [0.15, 0.2) is 0 Å². The molecule has 1 aromatic carbocycles. The third-order valence-electron chi connectivity index (χ3n) is 3.90. The molecule has 1 aliphatic heterocycles. The zero-order chi connectivity index (χ0) is 14.4. The standard InChI is InChI=1S/C16H20N4/c1-14(7-8-17)19-9-2-10-20(12-11-19)16-5-3-15(13-18)4-6-16/h3-6,14H,2,7,9-12H2,1H3/t14-/m1/s1. The molecule has 0 unspecified atom stereocenters. The minimum atomic E-state index is 0.334. The van der Waals surface area contributed by atoms with Crippen molar-refractivity contribution in [2.45, 2.75) is 25.8 Å². The molecule has 1 saturated heterocycles. The predicted molar refractivity (Wildman–Crippen MR) is 79.3 cm³/mol. The van der Waals surface area contributed by atoms with Crippen LogP contribution in [0.25, 0.3) is 0 Å². The van der Waals surface area contributed by atoms with E-state index in [1.165, 1.54) is 5.69 Å². The van der Waals surface area contributed by atoms with Crippen LogP contribution < -0.4 is 4.90 Å². The molecule has 104 valence electrons. The lowest BCUT2D eigenvalue weighted by atomic mass is 10.2. The Labute approximate surface area is 120 Å². The molecule has 0 amide bonds. The Morgan fingerprint density at radius 2 is 1.85 bits per heavy atom. The zero-order valence-electron chi connectivity index (χ0n) is 11.9. The van der Waals surface area contributed by atoms with Gasteiger partial charge in [-0.25, -0.2) is 0 Å². The van der Waals surface area contributed by atoms with E-state index >= 15 is 0 Å². The van der Waals surface area contributed by atoms with Crippen LogP contribution in [0.4, 0.5) is 5.69 Å². The van der Waals surface area contributed by atoms with Crippen molar-refractivity contribution in [2.24, 2.45) is 0 Å². The topological polar surface area (TPSA) is 54.1 Å². The number of nitriles is 2. The number of hydrogen-bond donors (Lipinski definition) is 0. The Morgan fingerprint density at radius 1 is 1.10 bits per heavy atom. The molecule has 1 heterocycles. The van der Waals surface area contributed by atoms with Gasteiger partial charge in [-0.15, -0.1) is 0 Å². The van der Waals surface area contributed by atoms with E-state index in [4.69, 9.17) is 10.5 Å². The summed E-state index contributed by atoms with van der Waals surface area (Å²) in [6, 6.07) is 12.5. The molecule has 0 N–H and O–H groups in total. The van der Waals surface area contributed by atoms with E-state index in [0.717, 1.165) is 32.6 Å². The Bertz CT molecular complexity index is 509. The number of rotatable bonds is 3. The van der Waals surface area contributed by atoms with Crippen LogP contribution in [0.5, 0.6) is 0 Å². The van der Waals surface area contributed by atoms with Crippen molar-refractivity contribution < 1.29 is 0 Å². The first-order valence-corrected chi connectivity index (χ1v) is 7.10. The largest absolute Gasteiger partial charge is 0.370 e. The van der Waals surface area contributed by atoms with Gasteiger partial charge in [0.2, 0.25) is 0 Å². The SMILES string of the molecule is C[C@H](CC#N)N1CCCN(c2ccc(C#N)cc2)CC1. The maximum Gasteiger partial charge on any atom is 0.0991 e. The van der Waals surface area contributed by atoms with Gasteiger partial charge in [0.25, 0.3) is 0 Å². The Hall–Kier alpha value is -2.04. The molecule has 0 aliphatic carbocycles. The maximum absolute atomic E-state index is 8.83. The van der Waals surface area contributed by atoms with Gasteiger partial charge in [0, 0.05) is 37.9 Å². The lowest BCUT2D eigenvalue weighted by molar-refractivity contribution is 0.226. The molecule has 20 heavy (non-hydrogen) atoms. The predicted octanol–water partition coefficient (Wildman–Crippen LogP) is 2.37. The lowest BCUT2D eigenvalue weighted by Crippen LogP contribution is -2.36. The second-order valence-electron chi connectivity index (χ2n) is 5.25. The van der Waals surface area contributed by atoms with Crippen LogP contribution in [-0.2, 0) is 0 Å². The number of benzene rings is 1. The second kappa shape index (κ2) is 6.93. The van der Waals surface area contributed by atoms with Crippen molar-refractivity contribution in [2.75, 3.05) is 31.1 Å². The van der Waals surface area contributed by atoms with Gasteiger partial charge in [-0.3, -0.25) is 4.90 Å². The van der Waals surface area contributed by atoms with E-state index in [9.17, 15) is 0 Å². The molecule has 0 spiro atoms. The van der Waals surface area contributed by atoms with Crippen LogP contribution in [-0.4, -0.2) is 37.1 Å². The summed E-state index contributed by atoms with van der Waals surface area (Å²) in [5, 5.41) is 17.6. The highest BCUT2D eigenvalue weighted by molar-refractivity contribution is 5.49. The average Bonchev–Trinajstić information content (AvgIpc) is 2.73. The molecule has 0 bridgehead atoms. The van der Waals surface area contributed by atoms with Gasteiger partial charge in [0.1, 0.15) is 0 Å². The zero-order valence-corrected chi connectivity index (χ0v) is 11.9. The molecule has 4 heteroatoms. The highest BCUT2D eigenvalue weighted by Gasteiger charge is 2.19. The fourth-order valence-electron chi connectivity index (χ4n) is 2.64. The van der Waals surface area contributed by atoms with Gasteiger partial charge < -0.3 is 4.90 Å². The van der Waals surface area contributed by atoms with Crippen LogP contribution in [0.2, 0.25) is 0 Å². The summed E-state index contributed by atoms with van der Waals surface area (Å²) in [5.41, 5.74) is 1.88. The summed E-state index contributed by atoms with van der Waals surface area (Å²) in [4.78, 5) is 4.76. The van der Waals surface area contributed by atoms with Crippen molar-refractivity contribution in [3.8, 4) is 12.1 Å². The molecule has 4 nitrogen and oxygen atoms in total. The molecule has 0 aromatic heterocycles. The monoisotopic (exact) mass is 268 g/mol. The Balaban J connectivity index is 1.98. The molecular weight excluding hydrogens is 248 g/mol. The van der Waals surface area contributed by atoms with Crippen molar-refractivity contribution >= 4 is 5.69 Å². The van der Waals surface area contributed by atoms with E-state index in [2.05, 4.69) is 28.9 Å². The van der Waals surface area contributed by atoms with Crippen molar-refractivity contribution in [3.63, 3.8) is 0 Å². The van der Waals surface area contributed by atoms with Crippen LogP contribution in [0.3, 0.4) is 0 Å². The summed E-state index contributed by atoms with van der Waals surface area (Å²) in [6.45, 7) is 6.17. The van der Waals surface area contributed by atoms with E-state index in [0.29, 0.717) is 18.0 Å². The lowest BCUT2D eigenvalue weighted by Gasteiger charge is -2.26. The van der Waals surface area contributed by atoms with Gasteiger partial charge in [-0.2, -0.15) is 10.5 Å². The Kier molecular flexibility index (Phi) is 4.98. The molecule has 1 aliphatic rings. The smallest absolute Gasteiger partial charge is 0.0991 e. The second-order valence-corrected chi connectivity index (χ2v) is 5.25. The third-order valence-corrected chi connectivity index (χ3v) is 3.90. The molecule has 0 radical (unpaired) electrons. The summed E-state index contributed by atoms with van der Waals surface area (Å²) < 4.78 is 0. The summed E-state index contributed by atoms with van der Waals surface area (Å²) in [6.07, 6.45) is 1.70. The summed E-state index contributed by atoms with van der Waals surface area (Å²) in [7, 11) is 0. The first-order chi connectivity index (χ1) is 9.74. The van der Waals surface area contributed by atoms with Crippen LogP contribution in [0, 0.1) is 22.7 Å². The molecule has 1 aromatic rings. The van der Waals surface area contributed by atoms with E-state index in [1.807, 2.05) is 24.3 Å². The highest BCUT2D eigenvalue weighted by Crippen LogP contribution is 2.18. The molecular formula is C16H20N4. The van der Waals surface area contributed by atoms with Gasteiger partial charge in [0.05, 0.1) is 24.1 Å². The first kappa shape index (κ1) is 14.4. The van der Waals surface area contributed by atoms with Crippen molar-refractivity contribution in [1.29, 1.82) is 10.5 Å². The van der Waals surface area contributed by atoms with Gasteiger partial charge >= 0.3 is 0 Å². The minimum Gasteiger partial charge on any atom is -0.370 e. The minimum absolute atomic E-state index is 0.334. The summed E-state index contributed by atoms with van der Waals surface area (Å²) in [5.74, 6) is 0. The number of hydrogen-bond acceptors (Lipinski definition) is 4. The maximum atomic E-state index is 8.83. The molecule has 2 rings (SSSR count). The molecule has 1 fully saturated rings. The molecule has 0 saturated carbocycles. The normalized spacial score (nSPS) is 17.9. The fraction of sp³-hybridized carbons (Fsp3) is 0.500. The van der Waals surface area contributed by atoms with Gasteiger partial charge in [-0.05, 0) is 37.6 Å². The number of anilines is 1. The van der Waals surface area contributed by atoms with Crippen LogP contribution in [0.15, 0.2) is 24.3 Å². The van der Waals surface area contributed by atoms with Gasteiger partial charge in [-0.1, -0.05) is 0 Å². The van der Waals surface area contributed by atoms with E-state index in [1.54, 1.807) is 0 Å². The summed E-state index contributed by atoms with van der Waals surface area (Å²) >= 11 is 0. The van der Waals surface area contributed by atoms with E-state index in [-0.39, 0.29) is 0 Å². The molecule has 1 atom stereocenters. The quantitative estimate of drug-likeness (QED) is 0.844. The van der Waals surface area contributed by atoms with Crippen LogP contribution in [0.1, 0.15) is 25.3 Å². The van der Waals surface area contributed by atoms with E-state index < -0.39 is 0 Å². The average molecular weight is 268 g/mol. The number of nitrogens with zero attached hydrogens (tertiary/aromatic N) is 4.